The molecule has 0 saturated heterocycles. The summed E-state index contributed by atoms with van der Waals surface area (Å²) in [6.45, 7) is 4.37. The van der Waals surface area contributed by atoms with Gasteiger partial charge >= 0.3 is 0 Å². The third kappa shape index (κ3) is 4.31. The number of hydrogen-bond donors (Lipinski definition) is 2. The fraction of sp³-hybridized carbons (Fsp3) is 0.333. The van der Waals surface area contributed by atoms with E-state index in [0.717, 1.165) is 17.3 Å². The van der Waals surface area contributed by atoms with Gasteiger partial charge in [0.05, 0.1) is 40.4 Å². The number of hydrogen-bond acceptors (Lipinski definition) is 4. The Morgan fingerprint density at radius 2 is 2.17 bits per heavy atom. The maximum absolute atomic E-state index is 15.5. The van der Waals surface area contributed by atoms with Gasteiger partial charge in [-0.25, -0.2) is 14.9 Å². The van der Waals surface area contributed by atoms with Gasteiger partial charge in [0, 0.05) is 10.5 Å². The van der Waals surface area contributed by atoms with Crippen molar-refractivity contribution in [3.05, 3.63) is 51.5 Å². The average molecular weight is 496 g/mol. The second kappa shape index (κ2) is 8.53. The summed E-state index contributed by atoms with van der Waals surface area (Å²) in [5.41, 5.74) is 3.71. The highest BCUT2D eigenvalue weighted by Crippen LogP contribution is 2.35. The number of carbonyl (C=O) groups is 1. The van der Waals surface area contributed by atoms with Gasteiger partial charge in [-0.2, -0.15) is 0 Å². The third-order valence-electron chi connectivity index (χ3n) is 4.98. The first-order valence-corrected chi connectivity index (χ1v) is 10.9. The highest BCUT2D eigenvalue weighted by Gasteiger charge is 2.25. The number of nitrogens with zero attached hydrogens (tertiary/aromatic N) is 2. The number of fused-ring (bicyclic) bond motifs is 1. The van der Waals surface area contributed by atoms with E-state index in [2.05, 4.69) is 31.7 Å². The molecule has 9 heteroatoms. The van der Waals surface area contributed by atoms with E-state index in [1.807, 2.05) is 18.4 Å². The average Bonchev–Trinajstić information content (AvgIpc) is 3.41. The van der Waals surface area contributed by atoms with Crippen molar-refractivity contribution in [1.82, 2.24) is 15.0 Å². The Balaban J connectivity index is 1.76. The van der Waals surface area contributed by atoms with Gasteiger partial charge < -0.3 is 9.88 Å². The summed E-state index contributed by atoms with van der Waals surface area (Å²) in [5, 5.41) is 3.35. The van der Waals surface area contributed by atoms with Crippen LogP contribution in [0.2, 0.25) is 5.02 Å². The van der Waals surface area contributed by atoms with Crippen LogP contribution in [0.25, 0.3) is 11.0 Å². The maximum atomic E-state index is 15.5. The molecule has 158 valence electrons. The molecular weight excluding hydrogens is 475 g/mol. The van der Waals surface area contributed by atoms with E-state index in [1.54, 1.807) is 30.6 Å². The number of aromatic nitrogens is 2. The van der Waals surface area contributed by atoms with Crippen LogP contribution in [-0.2, 0) is 4.84 Å². The second-order valence-electron chi connectivity index (χ2n) is 7.66. The Kier molecular flexibility index (Phi) is 5.99. The van der Waals surface area contributed by atoms with Crippen LogP contribution in [0.1, 0.15) is 43.1 Å². The predicted molar refractivity (Wildman–Crippen MR) is 119 cm³/mol. The number of amides is 1. The van der Waals surface area contributed by atoms with Crippen molar-refractivity contribution in [3.63, 3.8) is 0 Å². The SMILES string of the molecule is CC(C)n1cnc2c(F)c(Nc3ccc(Br)cc3Cl)c(C(=O)NOCC3CC3)cc21. The number of benzene rings is 2. The van der Waals surface area contributed by atoms with Gasteiger partial charge in [-0.15, -0.1) is 0 Å². The number of halogens is 3. The van der Waals surface area contributed by atoms with E-state index in [0.29, 0.717) is 28.8 Å². The quantitative estimate of drug-likeness (QED) is 0.395. The normalized spacial score (nSPS) is 13.8. The van der Waals surface area contributed by atoms with Gasteiger partial charge in [0.25, 0.3) is 5.91 Å². The highest BCUT2D eigenvalue weighted by atomic mass is 79.9. The van der Waals surface area contributed by atoms with Crippen LogP contribution < -0.4 is 10.8 Å². The van der Waals surface area contributed by atoms with E-state index in [9.17, 15) is 4.79 Å². The van der Waals surface area contributed by atoms with Crippen LogP contribution in [0, 0.1) is 11.7 Å². The standard InChI is InChI=1S/C21H21BrClFN4O2/c1-11(2)28-10-25-20-17(28)8-14(21(29)27-30-9-12-3-4-12)19(18(20)24)26-16-6-5-13(22)7-15(16)23/h5-8,10-12,26H,3-4,9H2,1-2H3,(H,27,29). The van der Waals surface area contributed by atoms with Crippen LogP contribution in [0.3, 0.4) is 0 Å². The first-order chi connectivity index (χ1) is 14.3. The van der Waals surface area contributed by atoms with Gasteiger partial charge in [-0.05, 0) is 56.9 Å². The molecule has 1 aliphatic rings. The minimum absolute atomic E-state index is 0.00625. The van der Waals surface area contributed by atoms with Crippen LogP contribution in [0.4, 0.5) is 15.8 Å². The first kappa shape index (κ1) is 21.1. The van der Waals surface area contributed by atoms with Crippen molar-refractivity contribution in [2.24, 2.45) is 5.92 Å². The molecule has 1 fully saturated rings. The number of anilines is 2. The van der Waals surface area contributed by atoms with Crippen molar-refractivity contribution in [1.29, 1.82) is 0 Å². The van der Waals surface area contributed by atoms with Crippen molar-refractivity contribution in [2.75, 3.05) is 11.9 Å². The Bertz CT molecular complexity index is 1110. The van der Waals surface area contributed by atoms with E-state index < -0.39 is 11.7 Å². The molecule has 0 spiro atoms. The van der Waals surface area contributed by atoms with Crippen LogP contribution >= 0.6 is 27.5 Å². The number of imidazole rings is 1. The fourth-order valence-corrected chi connectivity index (χ4v) is 3.85. The summed E-state index contributed by atoms with van der Waals surface area (Å²) in [7, 11) is 0. The molecule has 0 radical (unpaired) electrons. The summed E-state index contributed by atoms with van der Waals surface area (Å²) < 4.78 is 18.1. The molecular formula is C21H21BrClFN4O2. The minimum Gasteiger partial charge on any atom is -0.351 e. The third-order valence-corrected chi connectivity index (χ3v) is 5.79. The molecule has 3 aromatic rings. The Labute approximate surface area is 186 Å². The van der Waals surface area contributed by atoms with Crippen molar-refractivity contribution >= 4 is 55.8 Å². The molecule has 0 atom stereocenters. The van der Waals surface area contributed by atoms with Crippen molar-refractivity contribution in [3.8, 4) is 0 Å². The van der Waals surface area contributed by atoms with Crippen molar-refractivity contribution in [2.45, 2.75) is 32.7 Å². The summed E-state index contributed by atoms with van der Waals surface area (Å²) in [4.78, 5) is 22.4. The molecule has 1 saturated carbocycles. The number of nitrogens with one attached hydrogen (secondary N) is 2. The number of hydroxylamine groups is 1. The van der Waals surface area contributed by atoms with E-state index in [4.69, 9.17) is 16.4 Å². The Hall–Kier alpha value is -2.16. The zero-order chi connectivity index (χ0) is 21.4. The summed E-state index contributed by atoms with van der Waals surface area (Å²) in [6.07, 6.45) is 3.76. The number of rotatable bonds is 7. The topological polar surface area (TPSA) is 68.2 Å². The van der Waals surface area contributed by atoms with Gasteiger partial charge in [0.15, 0.2) is 5.82 Å². The summed E-state index contributed by atoms with van der Waals surface area (Å²) in [5.74, 6) is -0.687. The molecule has 0 unspecified atom stereocenters. The lowest BCUT2D eigenvalue weighted by Crippen LogP contribution is -2.26. The smallest absolute Gasteiger partial charge is 0.277 e. The lowest BCUT2D eigenvalue weighted by Gasteiger charge is -2.16. The molecule has 1 aromatic heterocycles. The lowest BCUT2D eigenvalue weighted by atomic mass is 10.1. The molecule has 6 nitrogen and oxygen atoms in total. The van der Waals surface area contributed by atoms with E-state index >= 15 is 4.39 Å². The summed E-state index contributed by atoms with van der Waals surface area (Å²) >= 11 is 9.64. The fourth-order valence-electron chi connectivity index (χ4n) is 3.13. The van der Waals surface area contributed by atoms with Crippen molar-refractivity contribution < 1.29 is 14.0 Å². The zero-order valence-corrected chi connectivity index (χ0v) is 18.8. The highest BCUT2D eigenvalue weighted by molar-refractivity contribution is 9.10. The zero-order valence-electron chi connectivity index (χ0n) is 16.5. The first-order valence-electron chi connectivity index (χ1n) is 9.68. The molecule has 0 bridgehead atoms. The van der Waals surface area contributed by atoms with Crippen LogP contribution in [-0.4, -0.2) is 22.1 Å². The molecule has 2 N–H and O–H groups in total. The molecule has 1 heterocycles. The predicted octanol–water partition coefficient (Wildman–Crippen LogP) is 5.99. The Morgan fingerprint density at radius 3 is 2.83 bits per heavy atom. The monoisotopic (exact) mass is 494 g/mol. The van der Waals surface area contributed by atoms with E-state index in [-0.39, 0.29) is 22.8 Å². The van der Waals surface area contributed by atoms with Gasteiger partial charge in [-0.1, -0.05) is 27.5 Å². The Morgan fingerprint density at radius 1 is 1.40 bits per heavy atom. The second-order valence-corrected chi connectivity index (χ2v) is 8.98. The largest absolute Gasteiger partial charge is 0.351 e. The van der Waals surface area contributed by atoms with Crippen LogP contribution in [0.15, 0.2) is 35.1 Å². The van der Waals surface area contributed by atoms with Gasteiger partial charge in [-0.3, -0.25) is 9.63 Å². The molecule has 2 aromatic carbocycles. The lowest BCUT2D eigenvalue weighted by molar-refractivity contribution is 0.0271. The molecule has 4 rings (SSSR count). The van der Waals surface area contributed by atoms with E-state index in [1.165, 1.54) is 0 Å². The number of carbonyl (C=O) groups excluding carboxylic acids is 1. The molecule has 0 aliphatic heterocycles. The molecule has 1 amide bonds. The molecule has 1 aliphatic carbocycles. The summed E-state index contributed by atoms with van der Waals surface area (Å²) in [6, 6.07) is 6.84. The minimum atomic E-state index is -0.627. The molecule has 30 heavy (non-hydrogen) atoms. The van der Waals surface area contributed by atoms with Gasteiger partial charge in [0.1, 0.15) is 5.52 Å². The maximum Gasteiger partial charge on any atom is 0.277 e. The van der Waals surface area contributed by atoms with Crippen LogP contribution in [0.5, 0.6) is 0 Å². The van der Waals surface area contributed by atoms with Gasteiger partial charge in [0.2, 0.25) is 0 Å².